The van der Waals surface area contributed by atoms with Gasteiger partial charge in [0.15, 0.2) is 0 Å². The lowest BCUT2D eigenvalue weighted by Crippen LogP contribution is -2.47. The molecule has 0 spiro atoms. The molecule has 0 aliphatic carbocycles. The topological polar surface area (TPSA) is 40.5 Å². The molecule has 1 N–H and O–H groups in total. The molecule has 3 nitrogen and oxygen atoms in total. The molecule has 0 amide bonds. The van der Waals surface area contributed by atoms with E-state index in [9.17, 15) is 4.79 Å². The first-order chi connectivity index (χ1) is 5.13. The van der Waals surface area contributed by atoms with Gasteiger partial charge >= 0.3 is 5.97 Å². The van der Waals surface area contributed by atoms with Gasteiger partial charge in [-0.2, -0.15) is 0 Å². The summed E-state index contributed by atoms with van der Waals surface area (Å²) in [6.45, 7) is 2.86. The van der Waals surface area contributed by atoms with E-state index in [2.05, 4.69) is 0 Å². The summed E-state index contributed by atoms with van der Waals surface area (Å²) >= 11 is 0. The summed E-state index contributed by atoms with van der Waals surface area (Å²) in [5, 5.41) is 8.99. The van der Waals surface area contributed by atoms with Gasteiger partial charge in [0.05, 0.1) is 0 Å². The molecule has 0 saturated carbocycles. The van der Waals surface area contributed by atoms with Crippen molar-refractivity contribution in [3.05, 3.63) is 0 Å². The summed E-state index contributed by atoms with van der Waals surface area (Å²) in [5.74, 6) is -0.667. The van der Waals surface area contributed by atoms with Gasteiger partial charge in [0.1, 0.15) is 5.54 Å². The summed E-state index contributed by atoms with van der Waals surface area (Å²) < 4.78 is 0. The van der Waals surface area contributed by atoms with E-state index >= 15 is 0 Å². The first-order valence-corrected chi connectivity index (χ1v) is 4.08. The lowest BCUT2D eigenvalue weighted by Gasteiger charge is -2.30. The molecule has 1 heterocycles. The van der Waals surface area contributed by atoms with E-state index in [1.165, 1.54) is 0 Å². The predicted octanol–water partition coefficient (Wildman–Crippen LogP) is 0.945. The van der Waals surface area contributed by atoms with Crippen LogP contribution in [0.25, 0.3) is 0 Å². The fraction of sp³-hybridized carbons (Fsp3) is 0.875. The number of aliphatic carboxylic acids is 1. The maximum Gasteiger partial charge on any atom is 0.324 e. The zero-order valence-corrected chi connectivity index (χ0v) is 7.13. The number of likely N-dealkylation sites (tertiary alicyclic amines) is 1. The lowest BCUT2D eigenvalue weighted by atomic mass is 9.93. The third-order valence-corrected chi connectivity index (χ3v) is 2.80. The standard InChI is InChI=1S/C8H15NO2/c1-3-8(7(10)11)5-4-6-9(8)2/h3-6H2,1-2H3,(H,10,11). The van der Waals surface area contributed by atoms with Gasteiger partial charge in [0, 0.05) is 0 Å². The zero-order chi connectivity index (χ0) is 8.48. The molecule has 1 aliphatic rings. The Balaban J connectivity index is 2.82. The molecule has 1 saturated heterocycles. The maximum absolute atomic E-state index is 10.9. The van der Waals surface area contributed by atoms with E-state index in [0.717, 1.165) is 19.4 Å². The Morgan fingerprint density at radius 2 is 2.36 bits per heavy atom. The predicted molar refractivity (Wildman–Crippen MR) is 42.5 cm³/mol. The largest absolute Gasteiger partial charge is 0.480 e. The first-order valence-electron chi connectivity index (χ1n) is 4.08. The van der Waals surface area contributed by atoms with Crippen molar-refractivity contribution in [2.75, 3.05) is 13.6 Å². The fourth-order valence-electron chi connectivity index (χ4n) is 1.88. The number of carboxylic acid groups (broad SMARTS) is 1. The van der Waals surface area contributed by atoms with Crippen molar-refractivity contribution in [2.45, 2.75) is 31.7 Å². The Bertz CT molecular complexity index is 169. The minimum absolute atomic E-state index is 0.556. The van der Waals surface area contributed by atoms with Gasteiger partial charge in [-0.25, -0.2) is 0 Å². The monoisotopic (exact) mass is 157 g/mol. The number of carbonyl (C=O) groups is 1. The molecule has 11 heavy (non-hydrogen) atoms. The quantitative estimate of drug-likeness (QED) is 0.648. The van der Waals surface area contributed by atoms with Crippen molar-refractivity contribution in [2.24, 2.45) is 0 Å². The third-order valence-electron chi connectivity index (χ3n) is 2.80. The first kappa shape index (κ1) is 8.53. The van der Waals surface area contributed by atoms with Crippen molar-refractivity contribution in [3.8, 4) is 0 Å². The van der Waals surface area contributed by atoms with Crippen LogP contribution in [0.2, 0.25) is 0 Å². The van der Waals surface area contributed by atoms with Crippen molar-refractivity contribution in [1.29, 1.82) is 0 Å². The smallest absolute Gasteiger partial charge is 0.324 e. The molecule has 1 atom stereocenters. The van der Waals surface area contributed by atoms with E-state index in [1.54, 1.807) is 0 Å². The number of rotatable bonds is 2. The Kier molecular flexibility index (Phi) is 2.18. The SMILES string of the molecule is CCC1(C(=O)O)CCCN1C. The summed E-state index contributed by atoms with van der Waals surface area (Å²) in [4.78, 5) is 12.9. The molecule has 0 aromatic heterocycles. The second-order valence-corrected chi connectivity index (χ2v) is 3.22. The van der Waals surface area contributed by atoms with Crippen molar-refractivity contribution in [3.63, 3.8) is 0 Å². The molecule has 1 aliphatic heterocycles. The summed E-state index contributed by atoms with van der Waals surface area (Å²) in [7, 11) is 1.89. The Morgan fingerprint density at radius 3 is 2.55 bits per heavy atom. The molecule has 1 rings (SSSR count). The van der Waals surface area contributed by atoms with Crippen molar-refractivity contribution >= 4 is 5.97 Å². The van der Waals surface area contributed by atoms with Crippen LogP contribution in [0.15, 0.2) is 0 Å². The minimum Gasteiger partial charge on any atom is -0.480 e. The molecule has 0 radical (unpaired) electrons. The number of likely N-dealkylation sites (N-methyl/N-ethyl adjacent to an activating group) is 1. The number of carboxylic acids is 1. The van der Waals surface area contributed by atoms with Gasteiger partial charge in [0.2, 0.25) is 0 Å². The van der Waals surface area contributed by atoms with Gasteiger partial charge in [0.25, 0.3) is 0 Å². The van der Waals surface area contributed by atoms with Gasteiger partial charge < -0.3 is 5.11 Å². The van der Waals surface area contributed by atoms with Crippen LogP contribution >= 0.6 is 0 Å². The highest BCUT2D eigenvalue weighted by molar-refractivity contribution is 5.79. The molecule has 0 aromatic rings. The fourth-order valence-corrected chi connectivity index (χ4v) is 1.88. The van der Waals surface area contributed by atoms with Gasteiger partial charge in [-0.3, -0.25) is 9.69 Å². The van der Waals surface area contributed by atoms with Crippen LogP contribution in [0.4, 0.5) is 0 Å². The van der Waals surface area contributed by atoms with E-state index < -0.39 is 11.5 Å². The van der Waals surface area contributed by atoms with E-state index in [-0.39, 0.29) is 0 Å². The number of hydrogen-bond acceptors (Lipinski definition) is 2. The molecule has 1 unspecified atom stereocenters. The zero-order valence-electron chi connectivity index (χ0n) is 7.13. The molecular weight excluding hydrogens is 142 g/mol. The third kappa shape index (κ3) is 1.13. The summed E-state index contributed by atoms with van der Waals surface area (Å²) in [6, 6.07) is 0. The normalized spacial score (nSPS) is 32.5. The summed E-state index contributed by atoms with van der Waals surface area (Å²) in [6.07, 6.45) is 2.52. The molecule has 0 bridgehead atoms. The molecular formula is C8H15NO2. The maximum atomic E-state index is 10.9. The molecule has 0 aromatic carbocycles. The Labute approximate surface area is 67.0 Å². The van der Waals surface area contributed by atoms with Gasteiger partial charge in [-0.05, 0) is 32.9 Å². The van der Waals surface area contributed by atoms with Crippen LogP contribution in [-0.4, -0.2) is 35.1 Å². The van der Waals surface area contributed by atoms with Crippen LogP contribution in [0.3, 0.4) is 0 Å². The highest BCUT2D eigenvalue weighted by Gasteiger charge is 2.43. The van der Waals surface area contributed by atoms with Crippen LogP contribution in [0.5, 0.6) is 0 Å². The van der Waals surface area contributed by atoms with E-state index in [0.29, 0.717) is 6.42 Å². The van der Waals surface area contributed by atoms with Crippen LogP contribution in [-0.2, 0) is 4.79 Å². The second kappa shape index (κ2) is 2.81. The van der Waals surface area contributed by atoms with Gasteiger partial charge in [-0.1, -0.05) is 6.92 Å². The lowest BCUT2D eigenvalue weighted by molar-refractivity contribution is -0.149. The second-order valence-electron chi connectivity index (χ2n) is 3.22. The molecule has 3 heteroatoms. The summed E-state index contributed by atoms with van der Waals surface area (Å²) in [5.41, 5.74) is -0.556. The average Bonchev–Trinajstić information content (AvgIpc) is 2.32. The van der Waals surface area contributed by atoms with E-state index in [4.69, 9.17) is 5.11 Å². The van der Waals surface area contributed by atoms with Crippen LogP contribution in [0, 0.1) is 0 Å². The highest BCUT2D eigenvalue weighted by atomic mass is 16.4. The Morgan fingerprint density at radius 1 is 1.73 bits per heavy atom. The Hall–Kier alpha value is -0.570. The number of nitrogens with zero attached hydrogens (tertiary/aromatic N) is 1. The highest BCUT2D eigenvalue weighted by Crippen LogP contribution is 2.30. The molecule has 1 fully saturated rings. The molecule has 64 valence electrons. The van der Waals surface area contributed by atoms with Crippen molar-refractivity contribution < 1.29 is 9.90 Å². The van der Waals surface area contributed by atoms with E-state index in [1.807, 2.05) is 18.9 Å². The average molecular weight is 157 g/mol. The van der Waals surface area contributed by atoms with Gasteiger partial charge in [-0.15, -0.1) is 0 Å². The number of hydrogen-bond donors (Lipinski definition) is 1. The minimum atomic E-state index is -0.667. The van der Waals surface area contributed by atoms with Crippen LogP contribution < -0.4 is 0 Å². The van der Waals surface area contributed by atoms with Crippen molar-refractivity contribution in [1.82, 2.24) is 4.90 Å². The van der Waals surface area contributed by atoms with Crippen LogP contribution in [0.1, 0.15) is 26.2 Å².